The van der Waals surface area contributed by atoms with Gasteiger partial charge in [0.25, 0.3) is 5.92 Å². The van der Waals surface area contributed by atoms with Crippen LogP contribution in [0.2, 0.25) is 0 Å². The van der Waals surface area contributed by atoms with E-state index in [1.807, 2.05) is 12.1 Å². The second-order valence-electron chi connectivity index (χ2n) is 5.73. The van der Waals surface area contributed by atoms with Crippen LogP contribution < -0.4 is 0 Å². The first kappa shape index (κ1) is 13.5. The molecule has 0 amide bonds. The number of rotatable bonds is 3. The van der Waals surface area contributed by atoms with Crippen LogP contribution in [0.5, 0.6) is 0 Å². The fraction of sp³-hybridized carbons (Fsp3) is 0.625. The van der Waals surface area contributed by atoms with Gasteiger partial charge in [0.2, 0.25) is 0 Å². The van der Waals surface area contributed by atoms with E-state index in [9.17, 15) is 8.78 Å². The van der Waals surface area contributed by atoms with Gasteiger partial charge in [-0.2, -0.15) is 0 Å². The normalized spacial score (nSPS) is 18.3. The van der Waals surface area contributed by atoms with E-state index in [0.717, 1.165) is 0 Å². The van der Waals surface area contributed by atoms with Crippen LogP contribution in [0.1, 0.15) is 63.0 Å². The molecule has 2 rings (SSSR count). The molecular weight excluding hydrogens is 230 g/mol. The summed E-state index contributed by atoms with van der Waals surface area (Å²) in [4.78, 5) is 0. The number of hydrogen-bond acceptors (Lipinski definition) is 0. The maximum Gasteiger partial charge on any atom is 0.275 e. The quantitative estimate of drug-likeness (QED) is 0.668. The minimum atomic E-state index is -2.72. The van der Waals surface area contributed by atoms with Crippen molar-refractivity contribution in [2.75, 3.05) is 0 Å². The number of benzene rings is 1. The molecule has 0 unspecified atom stereocenters. The summed E-state index contributed by atoms with van der Waals surface area (Å²) >= 11 is 0. The highest BCUT2D eigenvalue weighted by molar-refractivity contribution is 5.28. The van der Waals surface area contributed by atoms with Crippen LogP contribution in [0, 0.1) is 5.92 Å². The molecule has 100 valence electrons. The minimum absolute atomic E-state index is 0.150. The fourth-order valence-electron chi connectivity index (χ4n) is 2.75. The fourth-order valence-corrected chi connectivity index (χ4v) is 2.75. The molecule has 1 saturated carbocycles. The summed E-state index contributed by atoms with van der Waals surface area (Å²) in [5.41, 5.74) is 1.38. The lowest BCUT2D eigenvalue weighted by molar-refractivity contribution is -0.0514. The predicted molar refractivity (Wildman–Crippen MR) is 71.0 cm³/mol. The average Bonchev–Trinajstić information content (AvgIpc) is 2.40. The number of hydrogen-bond donors (Lipinski definition) is 0. The van der Waals surface area contributed by atoms with Gasteiger partial charge in [0, 0.05) is 11.5 Å². The lowest BCUT2D eigenvalue weighted by Crippen LogP contribution is -2.20. The van der Waals surface area contributed by atoms with E-state index in [2.05, 4.69) is 0 Å². The Bertz CT molecular complexity index is 373. The van der Waals surface area contributed by atoms with Crippen LogP contribution in [0.3, 0.4) is 0 Å². The van der Waals surface area contributed by atoms with E-state index in [1.54, 1.807) is 26.0 Å². The number of halogens is 2. The first-order valence-corrected chi connectivity index (χ1v) is 7.00. The van der Waals surface area contributed by atoms with Gasteiger partial charge in [-0.3, -0.25) is 0 Å². The van der Waals surface area contributed by atoms with Gasteiger partial charge in [-0.25, -0.2) is 8.78 Å². The van der Waals surface area contributed by atoms with Crippen LogP contribution in [0.15, 0.2) is 24.3 Å². The summed E-state index contributed by atoms with van der Waals surface area (Å²) in [7, 11) is 0. The van der Waals surface area contributed by atoms with Crippen LogP contribution in [-0.2, 0) is 5.92 Å². The Balaban J connectivity index is 2.14. The summed E-state index contributed by atoms with van der Waals surface area (Å²) in [6, 6.07) is 7.04. The highest BCUT2D eigenvalue weighted by Gasteiger charge is 2.35. The van der Waals surface area contributed by atoms with E-state index >= 15 is 0 Å². The van der Waals surface area contributed by atoms with E-state index in [4.69, 9.17) is 0 Å². The molecule has 0 aromatic heterocycles. The van der Waals surface area contributed by atoms with Gasteiger partial charge in [0.05, 0.1) is 0 Å². The molecule has 0 heterocycles. The van der Waals surface area contributed by atoms with Crippen LogP contribution in [0.4, 0.5) is 8.78 Å². The van der Waals surface area contributed by atoms with Crippen molar-refractivity contribution in [1.82, 2.24) is 0 Å². The molecule has 0 spiro atoms. The molecule has 1 aliphatic carbocycles. The molecule has 0 saturated heterocycles. The van der Waals surface area contributed by atoms with Gasteiger partial charge in [-0.1, -0.05) is 57.4 Å². The smallest absolute Gasteiger partial charge is 0.201 e. The maximum atomic E-state index is 13.9. The van der Waals surface area contributed by atoms with Crippen molar-refractivity contribution in [3.63, 3.8) is 0 Å². The molecule has 1 aromatic carbocycles. The third-order valence-corrected chi connectivity index (χ3v) is 4.10. The van der Waals surface area contributed by atoms with E-state index in [1.165, 1.54) is 37.7 Å². The maximum absolute atomic E-state index is 13.9. The van der Waals surface area contributed by atoms with Crippen molar-refractivity contribution in [1.29, 1.82) is 0 Å². The van der Waals surface area contributed by atoms with Crippen molar-refractivity contribution < 1.29 is 8.78 Å². The van der Waals surface area contributed by atoms with Crippen molar-refractivity contribution in [3.05, 3.63) is 35.4 Å². The Labute approximate surface area is 108 Å². The standard InChI is InChI=1S/C16H22F2/c1-12(2)16(17,18)15-10-8-14(9-11-15)13-6-4-3-5-7-13/h8-13H,3-7H2,1-2H3. The predicted octanol–water partition coefficient (Wildman–Crippen LogP) is 5.48. The van der Waals surface area contributed by atoms with Gasteiger partial charge in [-0.15, -0.1) is 0 Å². The van der Waals surface area contributed by atoms with Crippen molar-refractivity contribution in [2.24, 2.45) is 5.92 Å². The zero-order valence-corrected chi connectivity index (χ0v) is 11.3. The molecule has 0 atom stereocenters. The summed E-state index contributed by atoms with van der Waals surface area (Å²) in [5, 5.41) is 0. The Morgan fingerprint density at radius 1 is 1.00 bits per heavy atom. The van der Waals surface area contributed by atoms with Crippen molar-refractivity contribution >= 4 is 0 Å². The Morgan fingerprint density at radius 3 is 2.06 bits per heavy atom. The molecule has 0 nitrogen and oxygen atoms in total. The Hall–Kier alpha value is -0.920. The summed E-state index contributed by atoms with van der Waals surface area (Å²) in [5.74, 6) is -2.79. The molecule has 1 aromatic rings. The second-order valence-corrected chi connectivity index (χ2v) is 5.73. The summed E-state index contributed by atoms with van der Waals surface area (Å²) < 4.78 is 27.7. The molecule has 0 aliphatic heterocycles. The summed E-state index contributed by atoms with van der Waals surface area (Å²) in [6.45, 7) is 3.13. The van der Waals surface area contributed by atoms with Crippen molar-refractivity contribution in [2.45, 2.75) is 57.8 Å². The molecular formula is C16H22F2. The van der Waals surface area contributed by atoms with Gasteiger partial charge >= 0.3 is 0 Å². The molecule has 1 aliphatic rings. The average molecular weight is 252 g/mol. The summed E-state index contributed by atoms with van der Waals surface area (Å²) in [6.07, 6.45) is 6.28. The van der Waals surface area contributed by atoms with Crippen LogP contribution in [-0.4, -0.2) is 0 Å². The van der Waals surface area contributed by atoms with Gasteiger partial charge in [0.1, 0.15) is 0 Å². The number of alkyl halides is 2. The van der Waals surface area contributed by atoms with Crippen molar-refractivity contribution in [3.8, 4) is 0 Å². The van der Waals surface area contributed by atoms with Crippen LogP contribution >= 0.6 is 0 Å². The SMILES string of the molecule is CC(C)C(F)(F)c1ccc(C2CCCCC2)cc1. The highest BCUT2D eigenvalue weighted by atomic mass is 19.3. The molecule has 0 bridgehead atoms. The first-order valence-electron chi connectivity index (χ1n) is 7.00. The molecule has 1 fully saturated rings. The largest absolute Gasteiger partial charge is 0.275 e. The highest BCUT2D eigenvalue weighted by Crippen LogP contribution is 2.37. The zero-order chi connectivity index (χ0) is 13.2. The van der Waals surface area contributed by atoms with E-state index in [-0.39, 0.29) is 5.56 Å². The molecule has 2 heteroatoms. The minimum Gasteiger partial charge on any atom is -0.201 e. The monoisotopic (exact) mass is 252 g/mol. The molecule has 0 N–H and O–H groups in total. The second kappa shape index (κ2) is 5.38. The Kier molecular flexibility index (Phi) is 4.04. The lowest BCUT2D eigenvalue weighted by Gasteiger charge is -2.24. The van der Waals surface area contributed by atoms with Gasteiger partial charge in [0.15, 0.2) is 0 Å². The topological polar surface area (TPSA) is 0 Å². The lowest BCUT2D eigenvalue weighted by atomic mass is 9.83. The van der Waals surface area contributed by atoms with E-state index in [0.29, 0.717) is 5.92 Å². The van der Waals surface area contributed by atoms with E-state index < -0.39 is 11.8 Å². The zero-order valence-electron chi connectivity index (χ0n) is 11.3. The van der Waals surface area contributed by atoms with Gasteiger partial charge in [-0.05, 0) is 24.3 Å². The third kappa shape index (κ3) is 2.73. The Morgan fingerprint density at radius 2 is 1.56 bits per heavy atom. The van der Waals surface area contributed by atoms with Crippen LogP contribution in [0.25, 0.3) is 0 Å². The molecule has 0 radical (unpaired) electrons. The third-order valence-electron chi connectivity index (χ3n) is 4.10. The molecule has 18 heavy (non-hydrogen) atoms. The first-order chi connectivity index (χ1) is 8.51. The van der Waals surface area contributed by atoms with Gasteiger partial charge < -0.3 is 0 Å².